The molecule has 1 aromatic heterocycles. The van der Waals surface area contributed by atoms with Crippen molar-refractivity contribution in [2.45, 2.75) is 45.7 Å². The third-order valence-corrected chi connectivity index (χ3v) is 4.94. The lowest BCUT2D eigenvalue weighted by Crippen LogP contribution is -3.15. The second kappa shape index (κ2) is 7.07. The number of nitrogens with one attached hydrogen (secondary N) is 1. The first-order valence-electron chi connectivity index (χ1n) is 9.04. The number of anilines is 1. The minimum absolute atomic E-state index is 0.123. The van der Waals surface area contributed by atoms with E-state index in [9.17, 15) is 4.39 Å². The lowest BCUT2D eigenvalue weighted by atomic mass is 10.1. The van der Waals surface area contributed by atoms with Crippen LogP contribution < -0.4 is 9.80 Å². The largest absolute Gasteiger partial charge is 0.360 e. The van der Waals surface area contributed by atoms with Gasteiger partial charge in [0.1, 0.15) is 11.9 Å². The van der Waals surface area contributed by atoms with Crippen molar-refractivity contribution < 1.29 is 9.29 Å². The summed E-state index contributed by atoms with van der Waals surface area (Å²) in [5, 5.41) is 12.5. The fourth-order valence-electron chi connectivity index (χ4n) is 3.60. The molecule has 1 aliphatic rings. The molecule has 0 unspecified atom stereocenters. The summed E-state index contributed by atoms with van der Waals surface area (Å²) < 4.78 is 15.1. The Morgan fingerprint density at radius 1 is 1.16 bits per heavy atom. The molecule has 0 aliphatic carbocycles. The maximum Gasteiger partial charge on any atom is 0.209 e. The number of aromatic nitrogens is 4. The maximum atomic E-state index is 13.1. The van der Waals surface area contributed by atoms with Gasteiger partial charge in [0.05, 0.1) is 31.7 Å². The molecule has 0 radical (unpaired) electrons. The highest BCUT2D eigenvalue weighted by Gasteiger charge is 2.33. The van der Waals surface area contributed by atoms with Gasteiger partial charge in [-0.1, -0.05) is 6.92 Å². The first-order chi connectivity index (χ1) is 11.9. The van der Waals surface area contributed by atoms with Crippen molar-refractivity contribution in [2.75, 3.05) is 31.1 Å². The fourth-order valence-corrected chi connectivity index (χ4v) is 3.60. The van der Waals surface area contributed by atoms with Crippen LogP contribution in [0, 0.1) is 5.82 Å². The summed E-state index contributed by atoms with van der Waals surface area (Å²) in [7, 11) is 0. The number of rotatable bonds is 4. The Labute approximate surface area is 148 Å². The third-order valence-electron chi connectivity index (χ3n) is 4.94. The van der Waals surface area contributed by atoms with Crippen molar-refractivity contribution in [3.63, 3.8) is 0 Å². The first-order valence-corrected chi connectivity index (χ1v) is 9.04. The predicted octanol–water partition coefficient (Wildman–Crippen LogP) is 1.42. The molecule has 7 heteroatoms. The summed E-state index contributed by atoms with van der Waals surface area (Å²) in [6.45, 7) is 12.5. The zero-order valence-corrected chi connectivity index (χ0v) is 15.5. The van der Waals surface area contributed by atoms with Crippen LogP contribution in [-0.2, 0) is 5.54 Å². The van der Waals surface area contributed by atoms with Crippen molar-refractivity contribution in [3.05, 3.63) is 35.9 Å². The van der Waals surface area contributed by atoms with Crippen LogP contribution in [0.15, 0.2) is 24.3 Å². The molecule has 1 atom stereocenters. The van der Waals surface area contributed by atoms with Gasteiger partial charge in [-0.3, -0.25) is 0 Å². The van der Waals surface area contributed by atoms with Crippen LogP contribution in [0.2, 0.25) is 0 Å². The van der Waals surface area contributed by atoms with E-state index in [1.807, 2.05) is 16.8 Å². The summed E-state index contributed by atoms with van der Waals surface area (Å²) in [5.41, 5.74) is 0.967. The number of halogens is 1. The summed E-state index contributed by atoms with van der Waals surface area (Å²) in [6, 6.07) is 7.07. The van der Waals surface area contributed by atoms with E-state index in [-0.39, 0.29) is 11.4 Å². The molecule has 1 fully saturated rings. The average molecular weight is 347 g/mol. The van der Waals surface area contributed by atoms with E-state index < -0.39 is 0 Å². The Bertz CT molecular complexity index is 682. The summed E-state index contributed by atoms with van der Waals surface area (Å²) in [4.78, 5) is 3.84. The molecule has 136 valence electrons. The second-order valence-electron chi connectivity index (χ2n) is 7.70. The average Bonchev–Trinajstić information content (AvgIpc) is 3.07. The van der Waals surface area contributed by atoms with Crippen LogP contribution in [-0.4, -0.2) is 46.4 Å². The molecule has 0 amide bonds. The van der Waals surface area contributed by atoms with Crippen molar-refractivity contribution in [2.24, 2.45) is 0 Å². The van der Waals surface area contributed by atoms with E-state index in [0.717, 1.165) is 44.1 Å². The Kier molecular flexibility index (Phi) is 5.03. The monoisotopic (exact) mass is 347 g/mol. The van der Waals surface area contributed by atoms with Gasteiger partial charge in [0, 0.05) is 12.1 Å². The molecule has 6 nitrogen and oxygen atoms in total. The molecule has 1 aromatic carbocycles. The molecule has 1 N–H and O–H groups in total. The Morgan fingerprint density at radius 2 is 1.80 bits per heavy atom. The fraction of sp³-hybridized carbons (Fsp3) is 0.611. The van der Waals surface area contributed by atoms with E-state index in [2.05, 4.69) is 48.1 Å². The Balaban J connectivity index is 1.71. The van der Waals surface area contributed by atoms with Gasteiger partial charge in [0.25, 0.3) is 0 Å². The molecule has 0 bridgehead atoms. The number of benzene rings is 1. The standard InChI is InChI=1S/C18H27FN6/c1-5-16(17-20-21-22-25(17)18(2,3)4)24-12-10-23(11-13-24)15-8-6-14(19)7-9-15/h6-9,16H,5,10-13H2,1-4H3/p+1/t16-/m0/s1. The van der Waals surface area contributed by atoms with E-state index in [1.165, 1.54) is 17.0 Å². The molecule has 3 rings (SSSR count). The minimum Gasteiger partial charge on any atom is -0.360 e. The zero-order chi connectivity index (χ0) is 18.0. The summed E-state index contributed by atoms with van der Waals surface area (Å²) in [6.07, 6.45) is 1.00. The highest BCUT2D eigenvalue weighted by molar-refractivity contribution is 5.46. The molecule has 2 heterocycles. The van der Waals surface area contributed by atoms with Crippen molar-refractivity contribution in [3.8, 4) is 0 Å². The van der Waals surface area contributed by atoms with E-state index in [1.54, 1.807) is 0 Å². The maximum absolute atomic E-state index is 13.1. The van der Waals surface area contributed by atoms with Crippen molar-refractivity contribution >= 4 is 5.69 Å². The van der Waals surface area contributed by atoms with Gasteiger partial charge < -0.3 is 9.80 Å². The van der Waals surface area contributed by atoms with Crippen molar-refractivity contribution in [1.29, 1.82) is 0 Å². The lowest BCUT2D eigenvalue weighted by molar-refractivity contribution is -0.933. The van der Waals surface area contributed by atoms with E-state index >= 15 is 0 Å². The second-order valence-corrected chi connectivity index (χ2v) is 7.70. The minimum atomic E-state index is -0.187. The van der Waals surface area contributed by atoms with Gasteiger partial charge in [-0.15, -0.1) is 5.10 Å². The van der Waals surface area contributed by atoms with Gasteiger partial charge in [0.2, 0.25) is 5.82 Å². The van der Waals surface area contributed by atoms with Gasteiger partial charge in [0.15, 0.2) is 0 Å². The number of nitrogens with zero attached hydrogens (tertiary/aromatic N) is 5. The number of quaternary nitrogens is 1. The number of piperazine rings is 1. The molecular formula is C18H28FN6+. The number of hydrogen-bond donors (Lipinski definition) is 1. The highest BCUT2D eigenvalue weighted by Crippen LogP contribution is 2.19. The van der Waals surface area contributed by atoms with Crippen LogP contribution >= 0.6 is 0 Å². The van der Waals surface area contributed by atoms with Crippen LogP contribution in [0.25, 0.3) is 0 Å². The van der Waals surface area contributed by atoms with Gasteiger partial charge in [-0.2, -0.15) is 0 Å². The molecule has 1 aliphatic heterocycles. The van der Waals surface area contributed by atoms with Crippen LogP contribution in [0.1, 0.15) is 46.0 Å². The zero-order valence-electron chi connectivity index (χ0n) is 15.5. The normalized spacial score (nSPS) is 17.7. The molecule has 1 saturated heterocycles. The predicted molar refractivity (Wildman–Crippen MR) is 95.2 cm³/mol. The summed E-state index contributed by atoms with van der Waals surface area (Å²) in [5.74, 6) is 0.785. The van der Waals surface area contributed by atoms with Crippen LogP contribution in [0.3, 0.4) is 0 Å². The van der Waals surface area contributed by atoms with Gasteiger partial charge in [-0.25, -0.2) is 9.07 Å². The SMILES string of the molecule is CC[C@@H](c1nnnn1C(C)(C)C)[NH+]1CCN(c2ccc(F)cc2)CC1. The van der Waals surface area contributed by atoms with E-state index in [4.69, 9.17) is 0 Å². The Morgan fingerprint density at radius 3 is 2.36 bits per heavy atom. The third kappa shape index (κ3) is 3.81. The lowest BCUT2D eigenvalue weighted by Gasteiger charge is -2.37. The quantitative estimate of drug-likeness (QED) is 0.909. The number of hydrogen-bond acceptors (Lipinski definition) is 4. The van der Waals surface area contributed by atoms with Gasteiger partial charge >= 0.3 is 0 Å². The van der Waals surface area contributed by atoms with Crippen molar-refractivity contribution in [1.82, 2.24) is 20.2 Å². The molecule has 0 spiro atoms. The molecule has 25 heavy (non-hydrogen) atoms. The molecular weight excluding hydrogens is 319 g/mol. The van der Waals surface area contributed by atoms with Gasteiger partial charge in [-0.05, 0) is 55.5 Å². The first kappa shape index (κ1) is 17.8. The van der Waals surface area contributed by atoms with E-state index in [0.29, 0.717) is 6.04 Å². The number of tetrazole rings is 1. The topological polar surface area (TPSA) is 51.3 Å². The highest BCUT2D eigenvalue weighted by atomic mass is 19.1. The molecule has 0 saturated carbocycles. The van der Waals surface area contributed by atoms with Crippen LogP contribution in [0.4, 0.5) is 10.1 Å². The Hall–Kier alpha value is -2.02. The molecule has 2 aromatic rings. The summed E-state index contributed by atoms with van der Waals surface area (Å²) >= 11 is 0. The smallest absolute Gasteiger partial charge is 0.209 e. The van der Waals surface area contributed by atoms with Crippen LogP contribution in [0.5, 0.6) is 0 Å².